The number of aromatic nitrogens is 2. The molecule has 0 aliphatic heterocycles. The molecule has 6 heteroatoms. The first-order valence-corrected chi connectivity index (χ1v) is 4.65. The Morgan fingerprint density at radius 3 is 2.71 bits per heavy atom. The van der Waals surface area contributed by atoms with Gasteiger partial charge in [0, 0.05) is 12.4 Å². The topological polar surface area (TPSA) is 72.3 Å². The third-order valence-corrected chi connectivity index (χ3v) is 1.94. The lowest BCUT2D eigenvalue weighted by Crippen LogP contribution is -2.10. The van der Waals surface area contributed by atoms with Gasteiger partial charge in [-0.3, -0.25) is 4.79 Å². The number of hydrogen-bond donors (Lipinski definition) is 1. The van der Waals surface area contributed by atoms with Crippen LogP contribution in [0.2, 0.25) is 0 Å². The monoisotopic (exact) mass is 260 g/mol. The molecule has 1 aromatic rings. The summed E-state index contributed by atoms with van der Waals surface area (Å²) in [5.74, 6) is -0.289. The molecule has 0 saturated carbocycles. The van der Waals surface area contributed by atoms with Gasteiger partial charge in [-0.05, 0) is 15.9 Å². The van der Waals surface area contributed by atoms with E-state index in [1.807, 2.05) is 0 Å². The number of esters is 1. The van der Waals surface area contributed by atoms with Gasteiger partial charge in [0.15, 0.2) is 5.82 Å². The smallest absolute Gasteiger partial charge is 0.308 e. The first-order valence-electron chi connectivity index (χ1n) is 3.86. The van der Waals surface area contributed by atoms with Crippen molar-refractivity contribution in [3.05, 3.63) is 22.7 Å². The summed E-state index contributed by atoms with van der Waals surface area (Å²) >= 11 is 3.16. The van der Waals surface area contributed by atoms with E-state index in [1.165, 1.54) is 19.5 Å². The minimum absolute atomic E-state index is 0.141. The van der Waals surface area contributed by atoms with Gasteiger partial charge in [-0.25, -0.2) is 9.97 Å². The number of rotatable bonds is 3. The number of ether oxygens (including phenoxy) is 1. The van der Waals surface area contributed by atoms with E-state index >= 15 is 0 Å². The molecule has 0 aromatic carbocycles. The molecule has 1 rings (SSSR count). The van der Waals surface area contributed by atoms with Gasteiger partial charge in [0.05, 0.1) is 18.0 Å². The number of aliphatic hydroxyl groups excluding tert-OH is 1. The fourth-order valence-electron chi connectivity index (χ4n) is 0.827. The largest absolute Gasteiger partial charge is 0.469 e. The van der Waals surface area contributed by atoms with Crippen LogP contribution in [0, 0.1) is 0 Å². The average molecular weight is 261 g/mol. The maximum Gasteiger partial charge on any atom is 0.308 e. The van der Waals surface area contributed by atoms with Crippen molar-refractivity contribution in [1.82, 2.24) is 9.97 Å². The maximum absolute atomic E-state index is 10.8. The molecule has 0 fully saturated rings. The number of methoxy groups -OCH3 is 1. The van der Waals surface area contributed by atoms with Gasteiger partial charge in [0.1, 0.15) is 6.10 Å². The van der Waals surface area contributed by atoms with Crippen LogP contribution in [0.4, 0.5) is 0 Å². The quantitative estimate of drug-likeness (QED) is 0.816. The van der Waals surface area contributed by atoms with E-state index in [9.17, 15) is 9.90 Å². The molecule has 1 N–H and O–H groups in total. The third kappa shape index (κ3) is 3.04. The number of nitrogens with zero attached hydrogens (tertiary/aromatic N) is 2. The highest BCUT2D eigenvalue weighted by Crippen LogP contribution is 2.13. The number of aliphatic hydroxyl groups is 1. The minimum Gasteiger partial charge on any atom is -0.469 e. The SMILES string of the molecule is COC(=O)C[C@@H](O)c1ncc(Br)cn1. The van der Waals surface area contributed by atoms with Crippen molar-refractivity contribution in [3.63, 3.8) is 0 Å². The van der Waals surface area contributed by atoms with E-state index in [0.717, 1.165) is 0 Å². The fraction of sp³-hybridized carbons (Fsp3) is 0.375. The molecule has 0 amide bonds. The van der Waals surface area contributed by atoms with Crippen LogP contribution in [0.25, 0.3) is 0 Å². The summed E-state index contributed by atoms with van der Waals surface area (Å²) in [7, 11) is 1.26. The highest BCUT2D eigenvalue weighted by atomic mass is 79.9. The van der Waals surface area contributed by atoms with E-state index < -0.39 is 12.1 Å². The lowest BCUT2D eigenvalue weighted by atomic mass is 10.2. The van der Waals surface area contributed by atoms with E-state index in [2.05, 4.69) is 30.6 Å². The van der Waals surface area contributed by atoms with E-state index in [1.54, 1.807) is 0 Å². The summed E-state index contributed by atoms with van der Waals surface area (Å²) in [4.78, 5) is 18.5. The Bertz CT molecular complexity index is 315. The Labute approximate surface area is 89.3 Å². The molecule has 14 heavy (non-hydrogen) atoms. The summed E-state index contributed by atoms with van der Waals surface area (Å²) in [5, 5.41) is 9.47. The summed E-state index contributed by atoms with van der Waals surface area (Å²) in [6, 6.07) is 0. The predicted molar refractivity (Wildman–Crippen MR) is 51.3 cm³/mol. The van der Waals surface area contributed by atoms with E-state index in [0.29, 0.717) is 4.47 Å². The number of halogens is 1. The molecular formula is C8H9BrN2O3. The number of hydrogen-bond acceptors (Lipinski definition) is 5. The summed E-state index contributed by atoms with van der Waals surface area (Å²) in [6.07, 6.45) is 1.85. The minimum atomic E-state index is -1.02. The molecule has 5 nitrogen and oxygen atoms in total. The Hall–Kier alpha value is -1.01. The molecule has 0 saturated heterocycles. The molecule has 76 valence electrons. The van der Waals surface area contributed by atoms with Crippen LogP contribution in [-0.2, 0) is 9.53 Å². The van der Waals surface area contributed by atoms with Crippen LogP contribution in [0.3, 0.4) is 0 Å². The van der Waals surface area contributed by atoms with Crippen LogP contribution in [0.1, 0.15) is 18.3 Å². The molecule has 0 radical (unpaired) electrons. The zero-order chi connectivity index (χ0) is 10.6. The number of carbonyl (C=O) groups excluding carboxylic acids is 1. The van der Waals surface area contributed by atoms with Gasteiger partial charge in [0.25, 0.3) is 0 Å². The second-order valence-electron chi connectivity index (χ2n) is 2.56. The highest BCUT2D eigenvalue weighted by molar-refractivity contribution is 9.10. The van der Waals surface area contributed by atoms with Crippen molar-refractivity contribution in [3.8, 4) is 0 Å². The molecule has 1 heterocycles. The average Bonchev–Trinajstić information content (AvgIpc) is 2.18. The Morgan fingerprint density at radius 2 is 2.21 bits per heavy atom. The molecule has 0 aliphatic carbocycles. The molecular weight excluding hydrogens is 252 g/mol. The summed E-state index contributed by atoms with van der Waals surface area (Å²) < 4.78 is 5.12. The van der Waals surface area contributed by atoms with Crippen LogP contribution in [0.5, 0.6) is 0 Å². The lowest BCUT2D eigenvalue weighted by molar-refractivity contribution is -0.143. The lowest BCUT2D eigenvalue weighted by Gasteiger charge is -2.06. The number of carbonyl (C=O) groups is 1. The Balaban J connectivity index is 2.65. The zero-order valence-corrected chi connectivity index (χ0v) is 9.06. The Morgan fingerprint density at radius 1 is 1.64 bits per heavy atom. The van der Waals surface area contributed by atoms with Gasteiger partial charge in [-0.2, -0.15) is 0 Å². The highest BCUT2D eigenvalue weighted by Gasteiger charge is 2.15. The summed E-state index contributed by atoms with van der Waals surface area (Å²) in [6.45, 7) is 0. The summed E-state index contributed by atoms with van der Waals surface area (Å²) in [5.41, 5.74) is 0. The van der Waals surface area contributed by atoms with Gasteiger partial charge in [-0.15, -0.1) is 0 Å². The molecule has 0 aliphatic rings. The predicted octanol–water partition coefficient (Wildman–Crippen LogP) is 0.836. The first-order chi connectivity index (χ1) is 6.63. The first kappa shape index (κ1) is 11.1. The second-order valence-corrected chi connectivity index (χ2v) is 3.47. The van der Waals surface area contributed by atoms with Crippen molar-refractivity contribution in [2.75, 3.05) is 7.11 Å². The molecule has 0 bridgehead atoms. The third-order valence-electron chi connectivity index (χ3n) is 1.53. The van der Waals surface area contributed by atoms with Crippen LogP contribution in [0.15, 0.2) is 16.9 Å². The van der Waals surface area contributed by atoms with Gasteiger partial charge >= 0.3 is 5.97 Å². The van der Waals surface area contributed by atoms with E-state index in [4.69, 9.17) is 0 Å². The molecule has 0 unspecified atom stereocenters. The standard InChI is InChI=1S/C8H9BrN2O3/c1-14-7(13)2-6(12)8-10-3-5(9)4-11-8/h3-4,6,12H,2H2,1H3/t6-/m1/s1. The zero-order valence-electron chi connectivity index (χ0n) is 7.48. The Kier molecular flexibility index (Phi) is 3.97. The van der Waals surface area contributed by atoms with Gasteiger partial charge < -0.3 is 9.84 Å². The fourth-order valence-corrected chi connectivity index (χ4v) is 1.03. The van der Waals surface area contributed by atoms with Gasteiger partial charge in [-0.1, -0.05) is 0 Å². The van der Waals surface area contributed by atoms with Crippen molar-refractivity contribution in [1.29, 1.82) is 0 Å². The van der Waals surface area contributed by atoms with Crippen LogP contribution >= 0.6 is 15.9 Å². The van der Waals surface area contributed by atoms with Crippen LogP contribution in [-0.4, -0.2) is 28.2 Å². The van der Waals surface area contributed by atoms with E-state index in [-0.39, 0.29) is 12.2 Å². The van der Waals surface area contributed by atoms with Crippen molar-refractivity contribution >= 4 is 21.9 Å². The maximum atomic E-state index is 10.8. The van der Waals surface area contributed by atoms with Crippen molar-refractivity contribution in [2.24, 2.45) is 0 Å². The molecule has 0 spiro atoms. The normalized spacial score (nSPS) is 12.2. The van der Waals surface area contributed by atoms with Crippen molar-refractivity contribution in [2.45, 2.75) is 12.5 Å². The van der Waals surface area contributed by atoms with Crippen LogP contribution < -0.4 is 0 Å². The van der Waals surface area contributed by atoms with Gasteiger partial charge in [0.2, 0.25) is 0 Å². The van der Waals surface area contributed by atoms with Crippen molar-refractivity contribution < 1.29 is 14.6 Å². The molecule has 1 atom stereocenters. The molecule has 1 aromatic heterocycles. The second kappa shape index (κ2) is 5.02.